The van der Waals surface area contributed by atoms with Crippen molar-refractivity contribution in [3.8, 4) is 0 Å². The van der Waals surface area contributed by atoms with Gasteiger partial charge in [0.05, 0.1) is 0 Å². The Labute approximate surface area is 161 Å². The molecule has 2 saturated carbocycles. The van der Waals surface area contributed by atoms with E-state index in [1.54, 1.807) is 24.3 Å². The van der Waals surface area contributed by atoms with Gasteiger partial charge in [-0.2, -0.15) is 0 Å². The molecule has 0 bridgehead atoms. The molecule has 0 radical (unpaired) electrons. The summed E-state index contributed by atoms with van der Waals surface area (Å²) in [7, 11) is 0. The largest absolute Gasteiger partial charge is 0.271 e. The van der Waals surface area contributed by atoms with Crippen molar-refractivity contribution in [3.05, 3.63) is 46.5 Å². The summed E-state index contributed by atoms with van der Waals surface area (Å²) in [6.45, 7) is 0. The van der Waals surface area contributed by atoms with Gasteiger partial charge in [-0.1, -0.05) is 0 Å². The van der Waals surface area contributed by atoms with Crippen LogP contribution < -0.4 is 0 Å². The van der Waals surface area contributed by atoms with Crippen LogP contribution >= 0.6 is 0 Å². The first kappa shape index (κ1) is 16.0. The zero-order valence-electron chi connectivity index (χ0n) is 15.2. The summed E-state index contributed by atoms with van der Waals surface area (Å²) >= 11 is 0. The number of benzene rings is 2. The lowest BCUT2D eigenvalue weighted by Gasteiger charge is -2.41. The number of hydrogen-bond donors (Lipinski definition) is 0. The second kappa shape index (κ2) is 5.28. The van der Waals surface area contributed by atoms with Crippen molar-refractivity contribution in [2.24, 2.45) is 0 Å². The number of imide groups is 2. The molecule has 6 heteroatoms. The van der Waals surface area contributed by atoms with E-state index >= 15 is 0 Å². The highest BCUT2D eigenvalue weighted by Crippen LogP contribution is 2.41. The monoisotopic (exact) mass is 374 g/mol. The molecule has 2 aromatic carbocycles. The third kappa shape index (κ3) is 1.78. The fourth-order valence-corrected chi connectivity index (χ4v) is 4.87. The Hall–Kier alpha value is -3.02. The molecule has 2 aliphatic heterocycles. The van der Waals surface area contributed by atoms with Gasteiger partial charge < -0.3 is 0 Å². The fourth-order valence-electron chi connectivity index (χ4n) is 4.87. The minimum atomic E-state index is -0.313. The highest BCUT2D eigenvalue weighted by atomic mass is 16.2. The lowest BCUT2D eigenvalue weighted by Crippen LogP contribution is -2.51. The minimum absolute atomic E-state index is 0.0483. The summed E-state index contributed by atoms with van der Waals surface area (Å²) in [4.78, 5) is 55.1. The van der Waals surface area contributed by atoms with Crippen molar-refractivity contribution in [2.75, 3.05) is 0 Å². The van der Waals surface area contributed by atoms with E-state index in [1.165, 1.54) is 9.80 Å². The van der Waals surface area contributed by atoms with Crippen LogP contribution in [0.25, 0.3) is 10.8 Å². The van der Waals surface area contributed by atoms with Crippen LogP contribution in [0.2, 0.25) is 0 Å². The average molecular weight is 374 g/mol. The van der Waals surface area contributed by atoms with Crippen LogP contribution in [-0.4, -0.2) is 45.5 Å². The summed E-state index contributed by atoms with van der Waals surface area (Å²) in [5, 5.41) is 0.936. The van der Waals surface area contributed by atoms with Crippen molar-refractivity contribution in [2.45, 2.75) is 50.6 Å². The van der Waals surface area contributed by atoms with Crippen molar-refractivity contribution < 1.29 is 19.2 Å². The predicted molar refractivity (Wildman–Crippen MR) is 100 cm³/mol. The molecule has 2 fully saturated rings. The Balaban J connectivity index is 1.59. The third-order valence-electron chi connectivity index (χ3n) is 6.84. The van der Waals surface area contributed by atoms with E-state index in [-0.39, 0.29) is 35.7 Å². The maximum absolute atomic E-state index is 13.1. The molecule has 6 rings (SSSR count). The molecule has 0 saturated heterocycles. The second-order valence-electron chi connectivity index (χ2n) is 8.20. The number of nitrogens with zero attached hydrogens (tertiary/aromatic N) is 2. The van der Waals surface area contributed by atoms with Crippen molar-refractivity contribution in [3.63, 3.8) is 0 Å². The lowest BCUT2D eigenvalue weighted by molar-refractivity contribution is 0.0438. The summed E-state index contributed by atoms with van der Waals surface area (Å²) in [5.74, 6) is -1.25. The van der Waals surface area contributed by atoms with Crippen LogP contribution in [0.15, 0.2) is 24.3 Å². The molecule has 4 amide bonds. The van der Waals surface area contributed by atoms with E-state index in [0.717, 1.165) is 38.5 Å². The summed E-state index contributed by atoms with van der Waals surface area (Å²) in [5.41, 5.74) is 1.67. The van der Waals surface area contributed by atoms with Gasteiger partial charge in [0.25, 0.3) is 23.6 Å². The van der Waals surface area contributed by atoms with Crippen LogP contribution in [-0.2, 0) is 0 Å². The van der Waals surface area contributed by atoms with Gasteiger partial charge in [-0.05, 0) is 62.8 Å². The van der Waals surface area contributed by atoms with E-state index in [1.807, 2.05) is 0 Å². The van der Waals surface area contributed by atoms with Crippen LogP contribution in [0, 0.1) is 0 Å². The smallest absolute Gasteiger partial charge is 0.261 e. The van der Waals surface area contributed by atoms with Gasteiger partial charge in [-0.3, -0.25) is 29.0 Å². The van der Waals surface area contributed by atoms with E-state index in [9.17, 15) is 19.2 Å². The molecule has 0 atom stereocenters. The first-order valence-electron chi connectivity index (χ1n) is 9.93. The highest BCUT2D eigenvalue weighted by Gasteiger charge is 2.44. The molecule has 0 spiro atoms. The molecular weight excluding hydrogens is 356 g/mol. The zero-order valence-corrected chi connectivity index (χ0v) is 15.2. The van der Waals surface area contributed by atoms with Crippen molar-refractivity contribution in [1.29, 1.82) is 0 Å². The quantitative estimate of drug-likeness (QED) is 0.757. The molecule has 0 unspecified atom stereocenters. The predicted octanol–water partition coefficient (Wildman–Crippen LogP) is 3.14. The molecule has 2 aliphatic carbocycles. The Morgan fingerprint density at radius 2 is 0.821 bits per heavy atom. The van der Waals surface area contributed by atoms with E-state index in [4.69, 9.17) is 0 Å². The van der Waals surface area contributed by atoms with Gasteiger partial charge in [0, 0.05) is 45.1 Å². The summed E-state index contributed by atoms with van der Waals surface area (Å²) in [6.07, 6.45) is 5.36. The molecule has 28 heavy (non-hydrogen) atoms. The summed E-state index contributed by atoms with van der Waals surface area (Å²) < 4.78 is 0. The Bertz CT molecular complexity index is 968. The molecular formula is C22H18N2O4. The maximum atomic E-state index is 13.1. The maximum Gasteiger partial charge on any atom is 0.261 e. The third-order valence-corrected chi connectivity index (χ3v) is 6.84. The number of amides is 4. The molecule has 0 N–H and O–H groups in total. The number of hydrogen-bond acceptors (Lipinski definition) is 4. The number of rotatable bonds is 2. The Kier molecular flexibility index (Phi) is 3.01. The topological polar surface area (TPSA) is 74.8 Å². The van der Waals surface area contributed by atoms with E-state index in [2.05, 4.69) is 0 Å². The number of carbonyl (C=O) groups is 4. The van der Waals surface area contributed by atoms with Gasteiger partial charge in [-0.15, -0.1) is 0 Å². The highest BCUT2D eigenvalue weighted by molar-refractivity contribution is 6.33. The van der Waals surface area contributed by atoms with E-state index in [0.29, 0.717) is 33.0 Å². The van der Waals surface area contributed by atoms with E-state index < -0.39 is 0 Å². The van der Waals surface area contributed by atoms with Gasteiger partial charge in [0.2, 0.25) is 0 Å². The Morgan fingerprint density at radius 1 is 0.536 bits per heavy atom. The lowest BCUT2D eigenvalue weighted by atomic mass is 9.82. The second-order valence-corrected chi connectivity index (χ2v) is 8.20. The van der Waals surface area contributed by atoms with Crippen LogP contribution in [0.3, 0.4) is 0 Å². The molecule has 6 nitrogen and oxygen atoms in total. The molecule has 2 heterocycles. The van der Waals surface area contributed by atoms with Crippen LogP contribution in [0.4, 0.5) is 0 Å². The molecule has 0 aromatic heterocycles. The molecule has 4 aliphatic rings. The zero-order chi connectivity index (χ0) is 19.2. The molecule has 2 aromatic rings. The van der Waals surface area contributed by atoms with Crippen LogP contribution in [0.1, 0.15) is 80.0 Å². The van der Waals surface area contributed by atoms with Gasteiger partial charge in [0.1, 0.15) is 0 Å². The SMILES string of the molecule is O=C1c2ccc3c4c(ccc(c24)C(=O)N1C1CCC1)C(=O)N(C1CCC1)C3=O. The van der Waals surface area contributed by atoms with Gasteiger partial charge in [0.15, 0.2) is 0 Å². The Morgan fingerprint density at radius 3 is 1.04 bits per heavy atom. The first-order chi connectivity index (χ1) is 13.6. The van der Waals surface area contributed by atoms with Gasteiger partial charge >= 0.3 is 0 Å². The van der Waals surface area contributed by atoms with Crippen molar-refractivity contribution in [1.82, 2.24) is 9.80 Å². The average Bonchev–Trinajstić information content (AvgIpc) is 2.61. The van der Waals surface area contributed by atoms with Crippen LogP contribution in [0.5, 0.6) is 0 Å². The van der Waals surface area contributed by atoms with Crippen molar-refractivity contribution >= 4 is 34.4 Å². The fraction of sp³-hybridized carbons (Fsp3) is 0.364. The standard InChI is InChI=1S/C22H18N2O4/c25-19-13-7-9-15-18-16(22(28)24(21(15)27)12-5-2-6-12)10-8-14(17(13)18)20(26)23(19)11-3-1-4-11/h7-12H,1-6H2. The minimum Gasteiger partial charge on any atom is -0.271 e. The first-order valence-corrected chi connectivity index (χ1v) is 9.93. The number of carbonyl (C=O) groups excluding carboxylic acids is 4. The normalized spacial score (nSPS) is 22.0. The summed E-state index contributed by atoms with van der Waals surface area (Å²) in [6, 6.07) is 6.51. The molecule has 140 valence electrons. The van der Waals surface area contributed by atoms with Gasteiger partial charge in [-0.25, -0.2) is 0 Å².